The molecule has 0 aromatic heterocycles. The van der Waals surface area contributed by atoms with Crippen LogP contribution >= 0.6 is 12.2 Å². The van der Waals surface area contributed by atoms with E-state index in [1.807, 2.05) is 13.0 Å². The number of carbonyl (C=O) groups excluding carboxylic acids is 1. The lowest BCUT2D eigenvalue weighted by Gasteiger charge is -2.14. The molecule has 0 spiro atoms. The normalized spacial score (nSPS) is 14.3. The monoisotopic (exact) mass is 364 g/mol. The lowest BCUT2D eigenvalue weighted by molar-refractivity contribution is 0.0526. The van der Waals surface area contributed by atoms with Gasteiger partial charge >= 0.3 is 5.97 Å². The second-order valence-corrected chi connectivity index (χ2v) is 6.67. The summed E-state index contributed by atoms with van der Waals surface area (Å²) in [6.45, 7) is 5.65. The van der Waals surface area contributed by atoms with Gasteiger partial charge < -0.3 is 20.1 Å². The Morgan fingerprint density at radius 3 is 2.76 bits per heavy atom. The van der Waals surface area contributed by atoms with E-state index < -0.39 is 0 Å². The van der Waals surface area contributed by atoms with E-state index in [-0.39, 0.29) is 5.97 Å². The Bertz CT molecular complexity index is 586. The van der Waals surface area contributed by atoms with Gasteiger partial charge in [0.05, 0.1) is 18.3 Å². The van der Waals surface area contributed by atoms with Crippen LogP contribution in [-0.4, -0.2) is 36.9 Å². The van der Waals surface area contributed by atoms with E-state index in [9.17, 15) is 4.79 Å². The van der Waals surface area contributed by atoms with Crippen LogP contribution in [0.25, 0.3) is 0 Å². The van der Waals surface area contributed by atoms with Crippen LogP contribution in [0.2, 0.25) is 0 Å². The maximum absolute atomic E-state index is 11.7. The molecule has 0 aliphatic heterocycles. The maximum atomic E-state index is 11.7. The van der Waals surface area contributed by atoms with Crippen LogP contribution in [0.5, 0.6) is 0 Å². The van der Waals surface area contributed by atoms with Gasteiger partial charge in [0.2, 0.25) is 0 Å². The largest absolute Gasteiger partial charge is 0.462 e. The second kappa shape index (κ2) is 10.4. The topological polar surface area (TPSA) is 59.6 Å². The van der Waals surface area contributed by atoms with Gasteiger partial charge in [0.1, 0.15) is 0 Å². The van der Waals surface area contributed by atoms with Crippen LogP contribution in [-0.2, 0) is 9.47 Å². The molecule has 5 nitrogen and oxygen atoms in total. The number of ether oxygens (including phenoxy) is 2. The third kappa shape index (κ3) is 6.63. The summed E-state index contributed by atoms with van der Waals surface area (Å²) in [5, 5.41) is 6.93. The third-order valence-electron chi connectivity index (χ3n) is 4.25. The highest BCUT2D eigenvalue weighted by atomic mass is 32.1. The van der Waals surface area contributed by atoms with E-state index in [1.165, 1.54) is 25.7 Å². The van der Waals surface area contributed by atoms with Crippen molar-refractivity contribution < 1.29 is 14.3 Å². The Balaban J connectivity index is 1.69. The zero-order valence-corrected chi connectivity index (χ0v) is 15.9. The molecule has 0 heterocycles. The van der Waals surface area contributed by atoms with Crippen LogP contribution < -0.4 is 10.6 Å². The van der Waals surface area contributed by atoms with Crippen molar-refractivity contribution in [1.82, 2.24) is 5.32 Å². The molecule has 1 aliphatic rings. The van der Waals surface area contributed by atoms with E-state index in [0.29, 0.717) is 23.4 Å². The van der Waals surface area contributed by atoms with Crippen molar-refractivity contribution in [2.24, 2.45) is 0 Å². The van der Waals surface area contributed by atoms with Gasteiger partial charge in [-0.1, -0.05) is 12.8 Å². The fourth-order valence-electron chi connectivity index (χ4n) is 2.89. The number of esters is 1. The smallest absolute Gasteiger partial charge is 0.338 e. The van der Waals surface area contributed by atoms with E-state index >= 15 is 0 Å². The SMILES string of the molecule is CCOC(=O)c1ccc(NC(=S)NCCCOC2CCCC2)c(C)c1. The summed E-state index contributed by atoms with van der Waals surface area (Å²) in [4.78, 5) is 11.7. The Hall–Kier alpha value is -1.66. The number of anilines is 1. The van der Waals surface area contributed by atoms with Crippen molar-refractivity contribution in [3.8, 4) is 0 Å². The molecule has 0 saturated heterocycles. The van der Waals surface area contributed by atoms with E-state index in [2.05, 4.69) is 10.6 Å². The molecule has 1 fully saturated rings. The zero-order valence-electron chi connectivity index (χ0n) is 15.1. The van der Waals surface area contributed by atoms with E-state index in [0.717, 1.165) is 30.8 Å². The van der Waals surface area contributed by atoms with Crippen molar-refractivity contribution in [2.45, 2.75) is 52.1 Å². The lowest BCUT2D eigenvalue weighted by Crippen LogP contribution is -2.30. The number of rotatable bonds is 8. The van der Waals surface area contributed by atoms with Crippen molar-refractivity contribution >= 4 is 29.0 Å². The fourth-order valence-corrected chi connectivity index (χ4v) is 3.10. The molecule has 138 valence electrons. The standard InChI is InChI=1S/C19H28N2O3S/c1-3-23-18(22)15-9-10-17(14(2)13-15)21-19(25)20-11-6-12-24-16-7-4-5-8-16/h9-10,13,16H,3-8,11-12H2,1-2H3,(H2,20,21,25). The van der Waals surface area contributed by atoms with Crippen LogP contribution in [0.15, 0.2) is 18.2 Å². The summed E-state index contributed by atoms with van der Waals surface area (Å²) >= 11 is 5.32. The molecule has 25 heavy (non-hydrogen) atoms. The number of benzene rings is 1. The quantitative estimate of drug-likeness (QED) is 0.416. The van der Waals surface area contributed by atoms with Crippen molar-refractivity contribution in [2.75, 3.05) is 25.1 Å². The second-order valence-electron chi connectivity index (χ2n) is 6.26. The van der Waals surface area contributed by atoms with Gasteiger partial charge in [-0.15, -0.1) is 0 Å². The van der Waals surface area contributed by atoms with Gasteiger partial charge in [-0.05, 0) is 69.1 Å². The highest BCUT2D eigenvalue weighted by Crippen LogP contribution is 2.21. The number of hydrogen-bond acceptors (Lipinski definition) is 4. The molecule has 0 radical (unpaired) electrons. The number of hydrogen-bond donors (Lipinski definition) is 2. The Kier molecular flexibility index (Phi) is 8.15. The first-order chi connectivity index (χ1) is 12.1. The average molecular weight is 365 g/mol. The minimum atomic E-state index is -0.305. The van der Waals surface area contributed by atoms with E-state index in [4.69, 9.17) is 21.7 Å². The van der Waals surface area contributed by atoms with Crippen LogP contribution in [0.3, 0.4) is 0 Å². The molecule has 0 amide bonds. The highest BCUT2D eigenvalue weighted by Gasteiger charge is 2.14. The molecule has 0 atom stereocenters. The summed E-state index contributed by atoms with van der Waals surface area (Å²) in [5.41, 5.74) is 2.37. The van der Waals surface area contributed by atoms with E-state index in [1.54, 1.807) is 19.1 Å². The summed E-state index contributed by atoms with van der Waals surface area (Å²) in [6, 6.07) is 5.39. The molecule has 1 aromatic carbocycles. The van der Waals surface area contributed by atoms with Crippen LogP contribution in [0.4, 0.5) is 5.69 Å². The number of thiocarbonyl (C=S) groups is 1. The molecular formula is C19H28N2O3S. The van der Waals surface area contributed by atoms with Gasteiger partial charge in [-0.3, -0.25) is 0 Å². The Labute approximate surface area is 155 Å². The predicted octanol–water partition coefficient (Wildman–Crippen LogP) is 3.81. The van der Waals surface area contributed by atoms with Gasteiger partial charge in [0.15, 0.2) is 5.11 Å². The average Bonchev–Trinajstić information content (AvgIpc) is 3.10. The zero-order chi connectivity index (χ0) is 18.1. The number of aryl methyl sites for hydroxylation is 1. The summed E-state index contributed by atoms with van der Waals surface area (Å²) in [6.07, 6.45) is 6.39. The first kappa shape index (κ1) is 19.7. The van der Waals surface area contributed by atoms with Gasteiger partial charge in [0, 0.05) is 18.8 Å². The molecule has 2 rings (SSSR count). The first-order valence-corrected chi connectivity index (χ1v) is 9.45. The molecule has 1 saturated carbocycles. The van der Waals surface area contributed by atoms with Gasteiger partial charge in [-0.25, -0.2) is 4.79 Å². The molecular weight excluding hydrogens is 336 g/mol. The molecule has 0 unspecified atom stereocenters. The van der Waals surface area contributed by atoms with Gasteiger partial charge in [0.25, 0.3) is 0 Å². The first-order valence-electron chi connectivity index (χ1n) is 9.04. The Morgan fingerprint density at radius 2 is 2.08 bits per heavy atom. The minimum absolute atomic E-state index is 0.305. The fraction of sp³-hybridized carbons (Fsp3) is 0.579. The summed E-state index contributed by atoms with van der Waals surface area (Å²) < 4.78 is 10.8. The van der Waals surface area contributed by atoms with Crippen LogP contribution in [0, 0.1) is 6.92 Å². The molecule has 1 aliphatic carbocycles. The third-order valence-corrected chi connectivity index (χ3v) is 4.49. The summed E-state index contributed by atoms with van der Waals surface area (Å²) in [5.74, 6) is -0.305. The Morgan fingerprint density at radius 1 is 1.32 bits per heavy atom. The molecule has 1 aromatic rings. The van der Waals surface area contributed by atoms with Crippen molar-refractivity contribution in [3.05, 3.63) is 29.3 Å². The summed E-state index contributed by atoms with van der Waals surface area (Å²) in [7, 11) is 0. The lowest BCUT2D eigenvalue weighted by atomic mass is 10.1. The van der Waals surface area contributed by atoms with Gasteiger partial charge in [-0.2, -0.15) is 0 Å². The number of nitrogens with one attached hydrogen (secondary N) is 2. The number of carbonyl (C=O) groups is 1. The maximum Gasteiger partial charge on any atom is 0.338 e. The van der Waals surface area contributed by atoms with Crippen LogP contribution in [0.1, 0.15) is 54.9 Å². The minimum Gasteiger partial charge on any atom is -0.462 e. The highest BCUT2D eigenvalue weighted by molar-refractivity contribution is 7.80. The molecule has 2 N–H and O–H groups in total. The molecule has 0 bridgehead atoms. The predicted molar refractivity (Wildman–Crippen MR) is 104 cm³/mol. The molecule has 6 heteroatoms. The van der Waals surface area contributed by atoms with Crippen molar-refractivity contribution in [1.29, 1.82) is 0 Å². The van der Waals surface area contributed by atoms with Crippen molar-refractivity contribution in [3.63, 3.8) is 0 Å².